The minimum Gasteiger partial charge on any atom is -0.481 e. The van der Waals surface area contributed by atoms with Crippen molar-refractivity contribution in [1.82, 2.24) is 0 Å². The number of aliphatic carboxylic acids is 1. The van der Waals surface area contributed by atoms with Gasteiger partial charge in [-0.3, -0.25) is 4.79 Å². The van der Waals surface area contributed by atoms with Crippen LogP contribution < -0.4 is 0 Å². The van der Waals surface area contributed by atoms with Crippen molar-refractivity contribution in [2.24, 2.45) is 5.92 Å². The summed E-state index contributed by atoms with van der Waals surface area (Å²) < 4.78 is 49.6. The van der Waals surface area contributed by atoms with E-state index in [1.807, 2.05) is 0 Å². The monoisotopic (exact) mass is 214 g/mol. The summed E-state index contributed by atoms with van der Waals surface area (Å²) in [6.45, 7) is 0. The van der Waals surface area contributed by atoms with E-state index in [4.69, 9.17) is 5.11 Å². The second kappa shape index (κ2) is 3.40. The van der Waals surface area contributed by atoms with Gasteiger partial charge in [0.05, 0.1) is 5.92 Å². The molecule has 0 aliphatic heterocycles. The fourth-order valence-corrected chi connectivity index (χ4v) is 1.61. The van der Waals surface area contributed by atoms with Gasteiger partial charge >= 0.3 is 12.1 Å². The van der Waals surface area contributed by atoms with E-state index in [1.165, 1.54) is 0 Å². The van der Waals surface area contributed by atoms with Crippen molar-refractivity contribution >= 4 is 5.97 Å². The van der Waals surface area contributed by atoms with Gasteiger partial charge in [-0.2, -0.15) is 13.2 Å². The first-order valence-corrected chi connectivity index (χ1v) is 4.25. The molecule has 0 amide bonds. The van der Waals surface area contributed by atoms with Crippen LogP contribution in [0, 0.1) is 5.92 Å². The highest BCUT2D eigenvalue weighted by Crippen LogP contribution is 2.45. The van der Waals surface area contributed by atoms with Crippen molar-refractivity contribution in [3.63, 3.8) is 0 Å². The standard InChI is InChI=1S/C8H10F4O2/c9-7(8(10,11)12)3-1-5(2-4-7)6(13)14/h5H,1-4H2,(H,13,14). The van der Waals surface area contributed by atoms with Gasteiger partial charge in [0.1, 0.15) is 0 Å². The zero-order valence-corrected chi connectivity index (χ0v) is 7.27. The maximum absolute atomic E-state index is 13.2. The quantitative estimate of drug-likeness (QED) is 0.681. The van der Waals surface area contributed by atoms with Crippen LogP contribution in [0.2, 0.25) is 0 Å². The summed E-state index contributed by atoms with van der Waals surface area (Å²) in [5, 5.41) is 8.51. The van der Waals surface area contributed by atoms with Crippen molar-refractivity contribution in [3.05, 3.63) is 0 Å². The van der Waals surface area contributed by atoms with Crippen LogP contribution >= 0.6 is 0 Å². The zero-order chi connectivity index (χ0) is 11.0. The van der Waals surface area contributed by atoms with E-state index >= 15 is 0 Å². The maximum atomic E-state index is 13.2. The van der Waals surface area contributed by atoms with Crippen molar-refractivity contribution in [1.29, 1.82) is 0 Å². The summed E-state index contributed by atoms with van der Waals surface area (Å²) in [4.78, 5) is 10.4. The van der Waals surface area contributed by atoms with E-state index in [0.717, 1.165) is 0 Å². The van der Waals surface area contributed by atoms with Gasteiger partial charge in [0.2, 0.25) is 5.67 Å². The topological polar surface area (TPSA) is 37.3 Å². The predicted octanol–water partition coefficient (Wildman–Crippen LogP) is 2.53. The first-order chi connectivity index (χ1) is 6.26. The molecule has 6 heteroatoms. The number of alkyl halides is 4. The molecule has 0 radical (unpaired) electrons. The van der Waals surface area contributed by atoms with Crippen molar-refractivity contribution in [2.75, 3.05) is 0 Å². The molecule has 1 N–H and O–H groups in total. The van der Waals surface area contributed by atoms with E-state index in [9.17, 15) is 22.4 Å². The summed E-state index contributed by atoms with van der Waals surface area (Å²) in [6.07, 6.45) is -6.85. The number of hydrogen-bond donors (Lipinski definition) is 1. The molecular weight excluding hydrogens is 204 g/mol. The molecular formula is C8H10F4O2. The second-order valence-corrected chi connectivity index (χ2v) is 3.58. The largest absolute Gasteiger partial charge is 0.481 e. The minimum atomic E-state index is -4.88. The lowest BCUT2D eigenvalue weighted by molar-refractivity contribution is -0.242. The van der Waals surface area contributed by atoms with Crippen LogP contribution in [0.15, 0.2) is 0 Å². The number of rotatable bonds is 1. The molecule has 14 heavy (non-hydrogen) atoms. The fraction of sp³-hybridized carbons (Fsp3) is 0.875. The lowest BCUT2D eigenvalue weighted by Gasteiger charge is -2.33. The molecule has 0 bridgehead atoms. The Morgan fingerprint density at radius 1 is 1.29 bits per heavy atom. The molecule has 0 aromatic carbocycles. The van der Waals surface area contributed by atoms with Gasteiger partial charge in [0, 0.05) is 0 Å². The van der Waals surface area contributed by atoms with Gasteiger partial charge in [-0.05, 0) is 25.7 Å². The first-order valence-electron chi connectivity index (χ1n) is 4.25. The molecule has 1 aliphatic carbocycles. The van der Waals surface area contributed by atoms with Gasteiger partial charge in [-0.1, -0.05) is 0 Å². The summed E-state index contributed by atoms with van der Waals surface area (Å²) in [5.41, 5.74) is -3.18. The third-order valence-electron chi connectivity index (χ3n) is 2.64. The van der Waals surface area contributed by atoms with Crippen LogP contribution in [0.25, 0.3) is 0 Å². The Hall–Kier alpha value is -0.810. The van der Waals surface area contributed by atoms with E-state index in [2.05, 4.69) is 0 Å². The average Bonchev–Trinajstić information content (AvgIpc) is 2.03. The molecule has 1 fully saturated rings. The number of carbonyl (C=O) groups is 1. The summed E-state index contributed by atoms with van der Waals surface area (Å²) in [7, 11) is 0. The predicted molar refractivity (Wildman–Crippen MR) is 39.5 cm³/mol. The third kappa shape index (κ3) is 1.99. The van der Waals surface area contributed by atoms with E-state index in [1.54, 1.807) is 0 Å². The highest BCUT2D eigenvalue weighted by molar-refractivity contribution is 5.70. The smallest absolute Gasteiger partial charge is 0.422 e. The Morgan fingerprint density at radius 3 is 2.00 bits per heavy atom. The molecule has 0 aromatic rings. The molecule has 0 saturated heterocycles. The molecule has 0 unspecified atom stereocenters. The lowest BCUT2D eigenvalue weighted by atomic mass is 9.79. The maximum Gasteiger partial charge on any atom is 0.422 e. The molecule has 0 atom stereocenters. The lowest BCUT2D eigenvalue weighted by Crippen LogP contribution is -2.44. The molecule has 1 aliphatic rings. The average molecular weight is 214 g/mol. The molecule has 1 saturated carbocycles. The molecule has 0 heterocycles. The summed E-state index contributed by atoms with van der Waals surface area (Å²) in [5.74, 6) is -1.98. The number of halogens is 4. The Morgan fingerprint density at radius 2 is 1.71 bits per heavy atom. The van der Waals surface area contributed by atoms with Crippen LogP contribution in [-0.2, 0) is 4.79 Å². The zero-order valence-electron chi connectivity index (χ0n) is 7.27. The molecule has 82 valence electrons. The first kappa shape index (κ1) is 11.3. The molecule has 2 nitrogen and oxygen atoms in total. The number of hydrogen-bond acceptors (Lipinski definition) is 1. The number of carboxylic acid groups (broad SMARTS) is 1. The van der Waals surface area contributed by atoms with Gasteiger partial charge in [0.15, 0.2) is 0 Å². The van der Waals surface area contributed by atoms with Crippen molar-refractivity contribution in [3.8, 4) is 0 Å². The molecule has 1 rings (SSSR count). The van der Waals surface area contributed by atoms with Crippen LogP contribution in [0.4, 0.5) is 17.6 Å². The van der Waals surface area contributed by atoms with E-state index in [0.29, 0.717) is 0 Å². The molecule has 0 spiro atoms. The third-order valence-corrected chi connectivity index (χ3v) is 2.64. The Labute approximate surface area is 77.9 Å². The van der Waals surface area contributed by atoms with E-state index < -0.39 is 36.6 Å². The highest BCUT2D eigenvalue weighted by Gasteiger charge is 2.57. The van der Waals surface area contributed by atoms with Gasteiger partial charge in [0.25, 0.3) is 0 Å². The Balaban J connectivity index is 2.62. The van der Waals surface area contributed by atoms with Crippen LogP contribution in [0.3, 0.4) is 0 Å². The van der Waals surface area contributed by atoms with E-state index in [-0.39, 0.29) is 12.8 Å². The minimum absolute atomic E-state index is 0.245. The van der Waals surface area contributed by atoms with Crippen molar-refractivity contribution in [2.45, 2.75) is 37.5 Å². The normalized spacial score (nSPS) is 34.1. The van der Waals surface area contributed by atoms with Gasteiger partial charge < -0.3 is 5.11 Å². The Kier molecular flexibility index (Phi) is 2.74. The van der Waals surface area contributed by atoms with Crippen LogP contribution in [0.5, 0.6) is 0 Å². The van der Waals surface area contributed by atoms with Crippen LogP contribution in [0.1, 0.15) is 25.7 Å². The van der Waals surface area contributed by atoms with Crippen LogP contribution in [-0.4, -0.2) is 22.9 Å². The second-order valence-electron chi connectivity index (χ2n) is 3.58. The van der Waals surface area contributed by atoms with Gasteiger partial charge in [-0.25, -0.2) is 4.39 Å². The summed E-state index contributed by atoms with van der Waals surface area (Å²) in [6, 6.07) is 0. The fourth-order valence-electron chi connectivity index (χ4n) is 1.61. The SMILES string of the molecule is O=C(O)C1CCC(F)(C(F)(F)F)CC1. The molecule has 0 aromatic heterocycles. The van der Waals surface area contributed by atoms with Gasteiger partial charge in [-0.15, -0.1) is 0 Å². The summed E-state index contributed by atoms with van der Waals surface area (Å²) >= 11 is 0. The number of carboxylic acids is 1. The Bertz CT molecular complexity index is 228. The highest BCUT2D eigenvalue weighted by atomic mass is 19.4. The van der Waals surface area contributed by atoms with Crippen molar-refractivity contribution < 1.29 is 27.5 Å².